The molecule has 0 aliphatic carbocycles. The second kappa shape index (κ2) is 7.37. The number of carbonyl (C=O) groups excluding carboxylic acids is 1. The van der Waals surface area contributed by atoms with Gasteiger partial charge in [-0.2, -0.15) is 0 Å². The van der Waals surface area contributed by atoms with Crippen molar-refractivity contribution >= 4 is 28.4 Å². The normalized spacial score (nSPS) is 11.0. The number of hydrogen-bond acceptors (Lipinski definition) is 6. The van der Waals surface area contributed by atoms with Crippen molar-refractivity contribution in [2.45, 2.75) is 0 Å². The van der Waals surface area contributed by atoms with Crippen molar-refractivity contribution < 1.29 is 19.3 Å². The summed E-state index contributed by atoms with van der Waals surface area (Å²) < 4.78 is 5.12. The Balaban J connectivity index is 2.12. The van der Waals surface area contributed by atoms with Crippen LogP contribution in [0, 0.1) is 10.1 Å². The Labute approximate surface area is 136 Å². The van der Waals surface area contributed by atoms with Gasteiger partial charge in [0.25, 0.3) is 5.69 Å². The molecule has 0 aliphatic rings. The third-order valence-electron chi connectivity index (χ3n) is 2.85. The maximum atomic E-state index is 11.8. The number of non-ortho nitro benzene ring substituents is 1. The van der Waals surface area contributed by atoms with Gasteiger partial charge in [-0.25, -0.2) is 4.79 Å². The lowest BCUT2D eigenvalue weighted by Crippen LogP contribution is -2.04. The topological polar surface area (TPSA) is 91.0 Å². The van der Waals surface area contributed by atoms with Crippen LogP contribution in [0.25, 0.3) is 0 Å². The summed E-state index contributed by atoms with van der Waals surface area (Å²) in [6.45, 7) is 0. The fourth-order valence-electron chi connectivity index (χ4n) is 1.72. The van der Waals surface area contributed by atoms with Crippen LogP contribution in [0.4, 0.5) is 5.69 Å². The van der Waals surface area contributed by atoms with E-state index in [9.17, 15) is 14.9 Å². The molecule has 2 aromatic carbocycles. The van der Waals surface area contributed by atoms with Gasteiger partial charge in [0.1, 0.15) is 5.75 Å². The van der Waals surface area contributed by atoms with E-state index in [1.54, 1.807) is 24.3 Å². The van der Waals surface area contributed by atoms with Gasteiger partial charge in [0.05, 0.1) is 23.2 Å². The zero-order valence-corrected chi connectivity index (χ0v) is 12.7. The summed E-state index contributed by atoms with van der Waals surface area (Å²) in [7, 11) is 1.48. The van der Waals surface area contributed by atoms with Gasteiger partial charge in [0.15, 0.2) is 5.17 Å². The highest BCUT2D eigenvalue weighted by Crippen LogP contribution is 2.20. The highest BCUT2D eigenvalue weighted by Gasteiger charge is 2.12. The molecule has 2 rings (SSSR count). The SMILES string of the molecule is COc1ccccc1C(Cl)=NOC(=O)c1ccc([N+](=O)[O-])cc1. The molecular weight excluding hydrogens is 324 g/mol. The van der Waals surface area contributed by atoms with Crippen molar-refractivity contribution in [3.8, 4) is 5.75 Å². The number of ether oxygens (including phenoxy) is 1. The van der Waals surface area contributed by atoms with Crippen molar-refractivity contribution in [2.75, 3.05) is 7.11 Å². The molecule has 2 aromatic rings. The van der Waals surface area contributed by atoms with Gasteiger partial charge in [-0.05, 0) is 24.3 Å². The maximum Gasteiger partial charge on any atom is 0.365 e. The van der Waals surface area contributed by atoms with E-state index in [2.05, 4.69) is 5.16 Å². The molecule has 7 nitrogen and oxygen atoms in total. The van der Waals surface area contributed by atoms with E-state index in [1.165, 1.54) is 31.4 Å². The molecule has 0 aliphatic heterocycles. The van der Waals surface area contributed by atoms with E-state index in [0.29, 0.717) is 11.3 Å². The van der Waals surface area contributed by atoms with Crippen LogP contribution in [0.15, 0.2) is 53.7 Å². The van der Waals surface area contributed by atoms with Gasteiger partial charge >= 0.3 is 5.97 Å². The lowest BCUT2D eigenvalue weighted by atomic mass is 10.2. The number of hydrogen-bond donors (Lipinski definition) is 0. The van der Waals surface area contributed by atoms with Gasteiger partial charge in [0.2, 0.25) is 0 Å². The number of nitro groups is 1. The lowest BCUT2D eigenvalue weighted by Gasteiger charge is -2.05. The van der Waals surface area contributed by atoms with Crippen LogP contribution < -0.4 is 4.74 Å². The minimum Gasteiger partial charge on any atom is -0.496 e. The van der Waals surface area contributed by atoms with E-state index < -0.39 is 10.9 Å². The first-order valence-electron chi connectivity index (χ1n) is 6.35. The predicted octanol–water partition coefficient (Wildman–Crippen LogP) is 3.36. The number of halogens is 1. The standard InChI is InChI=1S/C15H11ClN2O5/c1-22-13-5-3-2-4-12(13)14(16)17-23-15(19)10-6-8-11(9-7-10)18(20)21/h2-9H,1H3. The van der Waals surface area contributed by atoms with Gasteiger partial charge in [-0.15, -0.1) is 0 Å². The molecule has 0 saturated carbocycles. The van der Waals surface area contributed by atoms with Crippen molar-refractivity contribution in [2.24, 2.45) is 5.16 Å². The molecule has 0 fully saturated rings. The summed E-state index contributed by atoms with van der Waals surface area (Å²) in [5.41, 5.74) is 0.453. The lowest BCUT2D eigenvalue weighted by molar-refractivity contribution is -0.384. The summed E-state index contributed by atoms with van der Waals surface area (Å²) in [4.78, 5) is 26.6. The van der Waals surface area contributed by atoms with Crippen LogP contribution >= 0.6 is 11.6 Å². The summed E-state index contributed by atoms with van der Waals surface area (Å²) in [6.07, 6.45) is 0. The number of nitro benzene ring substituents is 1. The van der Waals surface area contributed by atoms with Crippen molar-refractivity contribution in [3.63, 3.8) is 0 Å². The minimum atomic E-state index is -0.784. The minimum absolute atomic E-state index is 0.0577. The zero-order valence-electron chi connectivity index (χ0n) is 11.9. The Morgan fingerprint density at radius 3 is 2.43 bits per heavy atom. The predicted molar refractivity (Wildman–Crippen MR) is 83.9 cm³/mol. The van der Waals surface area contributed by atoms with E-state index >= 15 is 0 Å². The Hall–Kier alpha value is -2.93. The first kappa shape index (κ1) is 16.4. The fourth-order valence-corrected chi connectivity index (χ4v) is 1.91. The maximum absolute atomic E-state index is 11.8. The molecular formula is C15H11ClN2O5. The van der Waals surface area contributed by atoms with Gasteiger partial charge in [0, 0.05) is 12.1 Å². The Bertz CT molecular complexity index is 759. The number of methoxy groups -OCH3 is 1. The highest BCUT2D eigenvalue weighted by atomic mass is 35.5. The molecule has 0 amide bonds. The van der Waals surface area contributed by atoms with Crippen molar-refractivity contribution in [1.29, 1.82) is 0 Å². The van der Waals surface area contributed by atoms with Crippen molar-refractivity contribution in [1.82, 2.24) is 0 Å². The van der Waals surface area contributed by atoms with Crippen LogP contribution in [0.2, 0.25) is 0 Å². The van der Waals surface area contributed by atoms with E-state index in [1.807, 2.05) is 0 Å². The first-order chi connectivity index (χ1) is 11.0. The molecule has 0 radical (unpaired) electrons. The molecule has 8 heteroatoms. The number of carbonyl (C=O) groups is 1. The number of nitrogens with zero attached hydrogens (tertiary/aromatic N) is 2. The Morgan fingerprint density at radius 1 is 1.17 bits per heavy atom. The monoisotopic (exact) mass is 334 g/mol. The molecule has 0 N–H and O–H groups in total. The van der Waals surface area contributed by atoms with Crippen LogP contribution in [0.3, 0.4) is 0 Å². The molecule has 0 saturated heterocycles. The summed E-state index contributed by atoms with van der Waals surface area (Å²) in [5, 5.41) is 14.1. The van der Waals surface area contributed by atoms with Crippen molar-refractivity contribution in [3.05, 3.63) is 69.8 Å². The van der Waals surface area contributed by atoms with Gasteiger partial charge in [-0.1, -0.05) is 28.9 Å². The van der Waals surface area contributed by atoms with Crippen LogP contribution in [-0.2, 0) is 4.84 Å². The number of para-hydroxylation sites is 1. The molecule has 0 bridgehead atoms. The Morgan fingerprint density at radius 2 is 1.83 bits per heavy atom. The third-order valence-corrected chi connectivity index (χ3v) is 3.12. The van der Waals surface area contributed by atoms with E-state index in [4.69, 9.17) is 21.2 Å². The summed E-state index contributed by atoms with van der Waals surface area (Å²) in [6, 6.07) is 11.8. The summed E-state index contributed by atoms with van der Waals surface area (Å²) in [5.74, 6) is -0.305. The van der Waals surface area contributed by atoms with Gasteiger partial charge < -0.3 is 9.57 Å². The molecule has 118 valence electrons. The smallest absolute Gasteiger partial charge is 0.365 e. The summed E-state index contributed by atoms with van der Waals surface area (Å²) >= 11 is 5.99. The average Bonchev–Trinajstić information content (AvgIpc) is 2.59. The molecule has 23 heavy (non-hydrogen) atoms. The zero-order chi connectivity index (χ0) is 16.8. The van der Waals surface area contributed by atoms with Crippen LogP contribution in [0.5, 0.6) is 5.75 Å². The molecule has 0 unspecified atom stereocenters. The highest BCUT2D eigenvalue weighted by molar-refractivity contribution is 6.69. The van der Waals surface area contributed by atoms with Crippen LogP contribution in [-0.4, -0.2) is 23.2 Å². The van der Waals surface area contributed by atoms with Crippen LogP contribution in [0.1, 0.15) is 15.9 Å². The number of rotatable bonds is 5. The fraction of sp³-hybridized carbons (Fsp3) is 0.0667. The molecule has 0 heterocycles. The molecule has 0 atom stereocenters. The quantitative estimate of drug-likeness (QED) is 0.362. The number of benzene rings is 2. The second-order valence-electron chi connectivity index (χ2n) is 4.27. The third kappa shape index (κ3) is 4.04. The molecule has 0 aromatic heterocycles. The van der Waals surface area contributed by atoms with E-state index in [-0.39, 0.29) is 16.4 Å². The average molecular weight is 335 g/mol. The van der Waals surface area contributed by atoms with Gasteiger partial charge in [-0.3, -0.25) is 10.1 Å². The second-order valence-corrected chi connectivity index (χ2v) is 4.62. The number of oxime groups is 1. The first-order valence-corrected chi connectivity index (χ1v) is 6.73. The Kier molecular flexibility index (Phi) is 5.27. The van der Waals surface area contributed by atoms with E-state index in [0.717, 1.165) is 0 Å². The largest absolute Gasteiger partial charge is 0.496 e. The molecule has 0 spiro atoms.